The van der Waals surface area contributed by atoms with Gasteiger partial charge in [0.15, 0.2) is 0 Å². The Kier molecular flexibility index (Phi) is 4.36. The fraction of sp³-hybridized carbons (Fsp3) is 0.368. The van der Waals surface area contributed by atoms with Gasteiger partial charge in [0.25, 0.3) is 0 Å². The monoisotopic (exact) mass is 341 g/mol. The van der Waals surface area contributed by atoms with Gasteiger partial charge in [-0.3, -0.25) is 4.79 Å². The fourth-order valence-electron chi connectivity index (χ4n) is 3.29. The summed E-state index contributed by atoms with van der Waals surface area (Å²) in [6.45, 7) is 3.13. The number of amides is 1. The van der Waals surface area contributed by atoms with Crippen molar-refractivity contribution < 1.29 is 13.9 Å². The molecule has 2 unspecified atom stereocenters. The Morgan fingerprint density at radius 1 is 1.20 bits per heavy atom. The number of hydrogen-bond acceptors (Lipinski definition) is 4. The fourth-order valence-corrected chi connectivity index (χ4v) is 3.29. The van der Waals surface area contributed by atoms with E-state index in [0.717, 1.165) is 32.0 Å². The highest BCUT2D eigenvalue weighted by Crippen LogP contribution is 2.48. The molecule has 6 heteroatoms. The maximum atomic E-state index is 13.8. The van der Waals surface area contributed by atoms with Crippen molar-refractivity contribution in [2.45, 2.75) is 12.3 Å². The molecule has 2 heterocycles. The first-order valence-corrected chi connectivity index (χ1v) is 8.56. The summed E-state index contributed by atoms with van der Waals surface area (Å²) < 4.78 is 19.1. The van der Waals surface area contributed by atoms with Gasteiger partial charge in [0.1, 0.15) is 11.6 Å². The summed E-state index contributed by atoms with van der Waals surface area (Å²) in [5.74, 6) is -0.0247. The molecule has 2 fully saturated rings. The first-order valence-electron chi connectivity index (χ1n) is 8.56. The third-order valence-corrected chi connectivity index (χ3v) is 4.81. The topological polar surface area (TPSA) is 54.5 Å². The molecule has 2 atom stereocenters. The summed E-state index contributed by atoms with van der Waals surface area (Å²) in [5, 5.41) is 2.84. The Morgan fingerprint density at radius 3 is 2.72 bits per heavy atom. The van der Waals surface area contributed by atoms with Crippen LogP contribution in [-0.4, -0.2) is 37.2 Å². The highest BCUT2D eigenvalue weighted by atomic mass is 19.1. The molecule has 1 aliphatic carbocycles. The van der Waals surface area contributed by atoms with Crippen molar-refractivity contribution in [1.82, 2.24) is 4.98 Å². The zero-order valence-corrected chi connectivity index (χ0v) is 13.8. The maximum absolute atomic E-state index is 13.8. The van der Waals surface area contributed by atoms with Crippen LogP contribution in [0.2, 0.25) is 0 Å². The van der Waals surface area contributed by atoms with E-state index in [9.17, 15) is 9.18 Å². The first kappa shape index (κ1) is 16.0. The van der Waals surface area contributed by atoms with Gasteiger partial charge in [0.05, 0.1) is 25.1 Å². The minimum Gasteiger partial charge on any atom is -0.378 e. The second-order valence-electron chi connectivity index (χ2n) is 6.46. The van der Waals surface area contributed by atoms with Crippen LogP contribution in [0.4, 0.5) is 15.9 Å². The van der Waals surface area contributed by atoms with Crippen LogP contribution >= 0.6 is 0 Å². The number of carbonyl (C=O) groups is 1. The SMILES string of the molecule is O=C(Nc1ccc(N2CCOCC2)cn1)C1CC1c1ccccc1F. The number of morpholine rings is 1. The molecule has 5 nitrogen and oxygen atoms in total. The number of benzene rings is 1. The van der Waals surface area contributed by atoms with Gasteiger partial charge in [0.2, 0.25) is 5.91 Å². The second kappa shape index (κ2) is 6.80. The zero-order chi connectivity index (χ0) is 17.2. The Hall–Kier alpha value is -2.47. The minimum atomic E-state index is -0.240. The molecule has 1 amide bonds. The van der Waals surface area contributed by atoms with Crippen LogP contribution in [0.3, 0.4) is 0 Å². The Morgan fingerprint density at radius 2 is 2.00 bits per heavy atom. The number of nitrogens with one attached hydrogen (secondary N) is 1. The average molecular weight is 341 g/mol. The maximum Gasteiger partial charge on any atom is 0.229 e. The normalized spacial score (nSPS) is 22.5. The summed E-state index contributed by atoms with van der Waals surface area (Å²) in [6, 6.07) is 10.4. The molecule has 1 N–H and O–H groups in total. The number of pyridine rings is 1. The van der Waals surface area contributed by atoms with E-state index >= 15 is 0 Å². The van der Waals surface area contributed by atoms with E-state index in [0.29, 0.717) is 17.8 Å². The van der Waals surface area contributed by atoms with E-state index in [4.69, 9.17) is 4.74 Å². The second-order valence-corrected chi connectivity index (χ2v) is 6.46. The van der Waals surface area contributed by atoms with Crippen LogP contribution < -0.4 is 10.2 Å². The summed E-state index contributed by atoms with van der Waals surface area (Å²) in [4.78, 5) is 18.9. The average Bonchev–Trinajstić information content (AvgIpc) is 3.44. The van der Waals surface area contributed by atoms with Gasteiger partial charge in [-0.25, -0.2) is 9.37 Å². The quantitative estimate of drug-likeness (QED) is 0.929. The van der Waals surface area contributed by atoms with Crippen LogP contribution in [0.25, 0.3) is 0 Å². The number of hydrogen-bond donors (Lipinski definition) is 1. The van der Waals surface area contributed by atoms with Crippen molar-refractivity contribution >= 4 is 17.4 Å². The van der Waals surface area contributed by atoms with E-state index < -0.39 is 0 Å². The molecule has 1 aliphatic heterocycles. The number of anilines is 2. The molecular weight excluding hydrogens is 321 g/mol. The first-order chi connectivity index (χ1) is 12.2. The molecule has 0 bridgehead atoms. The van der Waals surface area contributed by atoms with Gasteiger partial charge in [-0.05, 0) is 36.1 Å². The molecule has 2 aromatic rings. The largest absolute Gasteiger partial charge is 0.378 e. The molecule has 2 aliphatic rings. The van der Waals surface area contributed by atoms with E-state index in [1.807, 2.05) is 12.1 Å². The van der Waals surface area contributed by atoms with Crippen molar-refractivity contribution in [3.05, 3.63) is 54.0 Å². The van der Waals surface area contributed by atoms with Crippen molar-refractivity contribution in [1.29, 1.82) is 0 Å². The number of aromatic nitrogens is 1. The van der Waals surface area contributed by atoms with Crippen molar-refractivity contribution in [2.75, 3.05) is 36.5 Å². The van der Waals surface area contributed by atoms with Gasteiger partial charge in [-0.1, -0.05) is 18.2 Å². The summed E-state index contributed by atoms with van der Waals surface area (Å²) in [6.07, 6.45) is 2.45. The number of ether oxygens (including phenoxy) is 1. The van der Waals surface area contributed by atoms with Gasteiger partial charge in [0, 0.05) is 19.0 Å². The van der Waals surface area contributed by atoms with Gasteiger partial charge >= 0.3 is 0 Å². The van der Waals surface area contributed by atoms with E-state index in [1.54, 1.807) is 24.4 Å². The highest BCUT2D eigenvalue weighted by molar-refractivity contribution is 5.94. The van der Waals surface area contributed by atoms with Gasteiger partial charge in [-0.15, -0.1) is 0 Å². The predicted octanol–water partition coefficient (Wildman–Crippen LogP) is 2.80. The smallest absolute Gasteiger partial charge is 0.229 e. The molecule has 4 rings (SSSR count). The predicted molar refractivity (Wildman–Crippen MR) is 93.1 cm³/mol. The summed E-state index contributed by atoms with van der Waals surface area (Å²) >= 11 is 0. The number of rotatable bonds is 4. The molecule has 0 radical (unpaired) electrons. The Labute approximate surface area is 145 Å². The molecule has 130 valence electrons. The van der Waals surface area contributed by atoms with Crippen LogP contribution in [0, 0.1) is 11.7 Å². The molecule has 0 spiro atoms. The number of nitrogens with zero attached hydrogens (tertiary/aromatic N) is 2. The third-order valence-electron chi connectivity index (χ3n) is 4.81. The Bertz CT molecular complexity index is 760. The van der Waals surface area contributed by atoms with E-state index in [-0.39, 0.29) is 23.6 Å². The molecule has 1 aromatic heterocycles. The van der Waals surface area contributed by atoms with Gasteiger partial charge < -0.3 is 15.0 Å². The summed E-state index contributed by atoms with van der Waals surface area (Å²) in [5.41, 5.74) is 1.65. The third kappa shape index (κ3) is 3.49. The van der Waals surface area contributed by atoms with E-state index in [1.165, 1.54) is 6.07 Å². The Balaban J connectivity index is 1.36. The molecule has 1 aromatic carbocycles. The number of carbonyl (C=O) groups excluding carboxylic acids is 1. The zero-order valence-electron chi connectivity index (χ0n) is 13.8. The van der Waals surface area contributed by atoms with Crippen LogP contribution in [0.15, 0.2) is 42.6 Å². The molecular formula is C19H20FN3O2. The standard InChI is InChI=1S/C19H20FN3O2/c20-17-4-2-1-3-14(17)15-11-16(15)19(24)22-18-6-5-13(12-21-18)23-7-9-25-10-8-23/h1-6,12,15-16H,7-11H2,(H,21,22,24). The van der Waals surface area contributed by atoms with Crippen molar-refractivity contribution in [3.63, 3.8) is 0 Å². The highest BCUT2D eigenvalue weighted by Gasteiger charge is 2.45. The van der Waals surface area contributed by atoms with E-state index in [2.05, 4.69) is 15.2 Å². The van der Waals surface area contributed by atoms with Gasteiger partial charge in [-0.2, -0.15) is 0 Å². The lowest BCUT2D eigenvalue weighted by atomic mass is 10.1. The lowest BCUT2D eigenvalue weighted by Crippen LogP contribution is -2.36. The van der Waals surface area contributed by atoms with Crippen LogP contribution in [0.1, 0.15) is 17.9 Å². The van der Waals surface area contributed by atoms with Crippen LogP contribution in [-0.2, 0) is 9.53 Å². The molecule has 1 saturated carbocycles. The molecule has 25 heavy (non-hydrogen) atoms. The van der Waals surface area contributed by atoms with Crippen molar-refractivity contribution in [2.24, 2.45) is 5.92 Å². The molecule has 1 saturated heterocycles. The van der Waals surface area contributed by atoms with Crippen LogP contribution in [0.5, 0.6) is 0 Å². The number of halogens is 1. The minimum absolute atomic E-state index is 0.0335. The van der Waals surface area contributed by atoms with Crippen molar-refractivity contribution in [3.8, 4) is 0 Å². The lowest BCUT2D eigenvalue weighted by Gasteiger charge is -2.28. The lowest BCUT2D eigenvalue weighted by molar-refractivity contribution is -0.117. The summed E-state index contributed by atoms with van der Waals surface area (Å²) in [7, 11) is 0.